The summed E-state index contributed by atoms with van der Waals surface area (Å²) in [6.45, 7) is 5.95. The number of thiophene rings is 1. The number of carbonyl (C=O) groups is 1. The number of ether oxygens (including phenoxy) is 1. The highest BCUT2D eigenvalue weighted by Crippen LogP contribution is 2.42. The summed E-state index contributed by atoms with van der Waals surface area (Å²) < 4.78 is 5.34. The lowest BCUT2D eigenvalue weighted by atomic mass is 9.92. The van der Waals surface area contributed by atoms with Gasteiger partial charge in [0.15, 0.2) is 0 Å². The zero-order valence-electron chi connectivity index (χ0n) is 19.7. The number of aromatic nitrogens is 1. The van der Waals surface area contributed by atoms with Crippen molar-refractivity contribution >= 4 is 33.1 Å². The van der Waals surface area contributed by atoms with E-state index in [0.717, 1.165) is 57.9 Å². The molecule has 6 heteroatoms. The molecule has 2 N–H and O–H groups in total. The van der Waals surface area contributed by atoms with Crippen LogP contribution in [0.5, 0.6) is 5.75 Å². The topological polar surface area (TPSA) is 68.5 Å². The Labute approximate surface area is 204 Å². The first-order chi connectivity index (χ1) is 16.4. The Hall–Kier alpha value is -3.38. The molecule has 2 unspecified atom stereocenters. The fourth-order valence-corrected chi connectivity index (χ4v) is 6.10. The largest absolute Gasteiger partial charge is 0.497 e. The first-order valence-corrected chi connectivity index (χ1v) is 12.5. The molecule has 2 aromatic carbocycles. The van der Waals surface area contributed by atoms with E-state index >= 15 is 0 Å². The number of amides is 1. The van der Waals surface area contributed by atoms with Crippen molar-refractivity contribution in [3.63, 3.8) is 0 Å². The number of hydrogen-bond donors (Lipinski definition) is 1. The monoisotopic (exact) mass is 471 g/mol. The van der Waals surface area contributed by atoms with Gasteiger partial charge in [-0.15, -0.1) is 11.3 Å². The molecular formula is C28H29N3O2S. The summed E-state index contributed by atoms with van der Waals surface area (Å²) in [7, 11) is 1.66. The maximum absolute atomic E-state index is 13.6. The Kier molecular flexibility index (Phi) is 6.00. The number of pyridine rings is 1. The van der Waals surface area contributed by atoms with E-state index < -0.39 is 0 Å². The number of carbonyl (C=O) groups excluding carboxylic acids is 1. The van der Waals surface area contributed by atoms with Gasteiger partial charge in [-0.2, -0.15) is 0 Å². The molecule has 3 heterocycles. The number of likely N-dealkylation sites (tertiary alicyclic amines) is 1. The van der Waals surface area contributed by atoms with E-state index in [4.69, 9.17) is 15.5 Å². The molecule has 34 heavy (non-hydrogen) atoms. The third-order valence-electron chi connectivity index (χ3n) is 6.52. The number of nitrogen functional groups attached to an aromatic ring is 1. The number of hydrogen-bond acceptors (Lipinski definition) is 5. The van der Waals surface area contributed by atoms with Gasteiger partial charge in [-0.3, -0.25) is 4.79 Å². The van der Waals surface area contributed by atoms with Crippen LogP contribution in [0.4, 0.5) is 5.69 Å². The number of benzene rings is 2. The van der Waals surface area contributed by atoms with E-state index in [1.807, 2.05) is 59.5 Å². The lowest BCUT2D eigenvalue weighted by Gasteiger charge is -2.34. The summed E-state index contributed by atoms with van der Waals surface area (Å²) in [5.41, 5.74) is 11.1. The molecule has 2 aromatic heterocycles. The average molecular weight is 472 g/mol. The SMILES string of the molecule is COc1ccc(-c2cc(-c3ccccc3)nc3sc(C(=O)N4CC(C)CC(C)C4)c(N)c23)cc1. The summed E-state index contributed by atoms with van der Waals surface area (Å²) in [6.07, 6.45) is 1.15. The Morgan fingerprint density at radius 1 is 1.03 bits per heavy atom. The van der Waals surface area contributed by atoms with Gasteiger partial charge in [0.1, 0.15) is 15.5 Å². The molecule has 0 saturated carbocycles. The molecule has 1 fully saturated rings. The number of piperidine rings is 1. The molecule has 0 bridgehead atoms. The average Bonchev–Trinajstić information content (AvgIpc) is 3.19. The van der Waals surface area contributed by atoms with Gasteiger partial charge < -0.3 is 15.4 Å². The van der Waals surface area contributed by atoms with Gasteiger partial charge in [-0.05, 0) is 47.6 Å². The molecule has 0 radical (unpaired) electrons. The van der Waals surface area contributed by atoms with Crippen LogP contribution < -0.4 is 10.5 Å². The van der Waals surface area contributed by atoms with Crippen LogP contribution in [0.25, 0.3) is 32.6 Å². The Morgan fingerprint density at radius 2 is 1.71 bits per heavy atom. The first kappa shape index (κ1) is 22.4. The van der Waals surface area contributed by atoms with Crippen LogP contribution in [0.2, 0.25) is 0 Å². The third kappa shape index (κ3) is 4.14. The Morgan fingerprint density at radius 3 is 2.35 bits per heavy atom. The standard InChI is InChI=1S/C28H29N3O2S/c1-17-13-18(2)16-31(15-17)28(32)26-25(29)24-22(19-9-11-21(33-3)12-10-19)14-23(30-27(24)34-26)20-7-5-4-6-8-20/h4-12,14,17-18H,13,15-16,29H2,1-3H3. The molecule has 5 nitrogen and oxygen atoms in total. The van der Waals surface area contributed by atoms with Crippen LogP contribution in [-0.4, -0.2) is 36.0 Å². The highest BCUT2D eigenvalue weighted by Gasteiger charge is 2.30. The van der Waals surface area contributed by atoms with Gasteiger partial charge >= 0.3 is 0 Å². The minimum absolute atomic E-state index is 0.0147. The lowest BCUT2D eigenvalue weighted by molar-refractivity contribution is 0.0629. The number of anilines is 1. The van der Waals surface area contributed by atoms with Crippen molar-refractivity contribution in [2.45, 2.75) is 20.3 Å². The zero-order chi connectivity index (χ0) is 23.8. The summed E-state index contributed by atoms with van der Waals surface area (Å²) in [5, 5.41) is 0.844. The summed E-state index contributed by atoms with van der Waals surface area (Å²) >= 11 is 1.40. The summed E-state index contributed by atoms with van der Waals surface area (Å²) in [5.74, 6) is 1.78. The fraction of sp³-hybridized carbons (Fsp3) is 0.286. The van der Waals surface area contributed by atoms with Crippen molar-refractivity contribution in [2.75, 3.05) is 25.9 Å². The predicted octanol–water partition coefficient (Wildman–Crippen LogP) is 6.34. The minimum Gasteiger partial charge on any atom is -0.497 e. The van der Waals surface area contributed by atoms with E-state index in [1.54, 1.807) is 7.11 Å². The van der Waals surface area contributed by atoms with Gasteiger partial charge in [-0.1, -0.05) is 56.3 Å². The second kappa shape index (κ2) is 9.11. The second-order valence-electron chi connectivity index (χ2n) is 9.33. The molecular weight excluding hydrogens is 442 g/mol. The maximum Gasteiger partial charge on any atom is 0.266 e. The Balaban J connectivity index is 1.67. The van der Waals surface area contributed by atoms with Crippen molar-refractivity contribution in [3.8, 4) is 28.1 Å². The lowest BCUT2D eigenvalue weighted by Crippen LogP contribution is -2.42. The number of nitrogens with two attached hydrogens (primary N) is 1. The summed E-state index contributed by atoms with van der Waals surface area (Å²) in [4.78, 5) is 21.9. The second-order valence-corrected chi connectivity index (χ2v) is 10.3. The third-order valence-corrected chi connectivity index (χ3v) is 7.61. The van der Waals surface area contributed by atoms with Gasteiger partial charge in [0.25, 0.3) is 5.91 Å². The number of nitrogens with zero attached hydrogens (tertiary/aromatic N) is 2. The minimum atomic E-state index is 0.0147. The van der Waals surface area contributed by atoms with E-state index in [9.17, 15) is 4.79 Å². The smallest absolute Gasteiger partial charge is 0.266 e. The number of methoxy groups -OCH3 is 1. The molecule has 1 amide bonds. The Bertz CT molecular complexity index is 1320. The van der Waals surface area contributed by atoms with Crippen LogP contribution in [0, 0.1) is 11.8 Å². The molecule has 1 aliphatic rings. The van der Waals surface area contributed by atoms with Crippen molar-refractivity contribution in [1.29, 1.82) is 0 Å². The quantitative estimate of drug-likeness (QED) is 0.377. The predicted molar refractivity (Wildman–Crippen MR) is 140 cm³/mol. The molecule has 174 valence electrons. The van der Waals surface area contributed by atoms with Crippen molar-refractivity contribution in [3.05, 3.63) is 65.5 Å². The van der Waals surface area contributed by atoms with Gasteiger partial charge in [-0.25, -0.2) is 4.98 Å². The first-order valence-electron chi connectivity index (χ1n) is 11.7. The number of fused-ring (bicyclic) bond motifs is 1. The molecule has 1 saturated heterocycles. The van der Waals surface area contributed by atoms with Gasteiger partial charge in [0.05, 0.1) is 18.5 Å². The van der Waals surface area contributed by atoms with Crippen LogP contribution in [0.15, 0.2) is 60.7 Å². The van der Waals surface area contributed by atoms with E-state index in [0.29, 0.717) is 22.4 Å². The van der Waals surface area contributed by atoms with E-state index in [1.165, 1.54) is 11.3 Å². The molecule has 1 aliphatic heterocycles. The number of rotatable bonds is 4. The molecule has 5 rings (SSSR count). The van der Waals surface area contributed by atoms with Crippen molar-refractivity contribution in [2.24, 2.45) is 11.8 Å². The van der Waals surface area contributed by atoms with E-state index in [2.05, 4.69) is 19.9 Å². The van der Waals surface area contributed by atoms with Crippen molar-refractivity contribution < 1.29 is 9.53 Å². The van der Waals surface area contributed by atoms with E-state index in [-0.39, 0.29) is 5.91 Å². The van der Waals surface area contributed by atoms with Crippen molar-refractivity contribution in [1.82, 2.24) is 9.88 Å². The van der Waals surface area contributed by atoms with Crippen LogP contribution >= 0.6 is 11.3 Å². The normalized spacial score (nSPS) is 18.3. The fourth-order valence-electron chi connectivity index (χ4n) is 5.01. The summed E-state index contributed by atoms with van der Waals surface area (Å²) in [6, 6.07) is 20.1. The highest BCUT2D eigenvalue weighted by atomic mass is 32.1. The van der Waals surface area contributed by atoms with Gasteiger partial charge in [0, 0.05) is 24.0 Å². The van der Waals surface area contributed by atoms with Crippen LogP contribution in [-0.2, 0) is 0 Å². The van der Waals surface area contributed by atoms with Crippen LogP contribution in [0.3, 0.4) is 0 Å². The molecule has 4 aromatic rings. The van der Waals surface area contributed by atoms with Gasteiger partial charge in [0.2, 0.25) is 0 Å². The molecule has 0 aliphatic carbocycles. The maximum atomic E-state index is 13.6. The highest BCUT2D eigenvalue weighted by molar-refractivity contribution is 7.21. The molecule has 2 atom stereocenters. The van der Waals surface area contributed by atoms with Crippen LogP contribution in [0.1, 0.15) is 29.9 Å². The zero-order valence-corrected chi connectivity index (χ0v) is 20.6. The molecule has 0 spiro atoms.